The first-order valence-electron chi connectivity index (χ1n) is 6.47. The number of ether oxygens (including phenoxy) is 1. The van der Waals surface area contributed by atoms with Crippen LogP contribution in [0.3, 0.4) is 0 Å². The highest BCUT2D eigenvalue weighted by Gasteiger charge is 2.20. The Hall–Kier alpha value is -2.00. The molecular weight excluding hydrogens is 255 g/mol. The van der Waals surface area contributed by atoms with Crippen LogP contribution in [0.5, 0.6) is 0 Å². The third kappa shape index (κ3) is 3.31. The van der Waals surface area contributed by atoms with Crippen LogP contribution in [0.25, 0.3) is 0 Å². The monoisotopic (exact) mass is 272 g/mol. The molecule has 0 spiro atoms. The summed E-state index contributed by atoms with van der Waals surface area (Å²) in [5, 5.41) is 0. The van der Waals surface area contributed by atoms with E-state index in [1.54, 1.807) is 6.07 Å². The molecule has 0 saturated heterocycles. The van der Waals surface area contributed by atoms with Gasteiger partial charge in [0.1, 0.15) is 11.9 Å². The molecular formula is C17H17FO2. The number of Topliss-reactive ketones (excluding diaryl/α,β-unsaturated/α-hetero) is 1. The van der Waals surface area contributed by atoms with Crippen molar-refractivity contribution in [1.29, 1.82) is 0 Å². The zero-order valence-electron chi connectivity index (χ0n) is 11.6. The summed E-state index contributed by atoms with van der Waals surface area (Å²) in [6, 6.07) is 13.8. The topological polar surface area (TPSA) is 26.3 Å². The zero-order chi connectivity index (χ0) is 14.5. The number of hydrogen-bond donors (Lipinski definition) is 0. The molecule has 2 nitrogen and oxygen atoms in total. The van der Waals surface area contributed by atoms with E-state index in [1.165, 1.54) is 19.2 Å². The summed E-state index contributed by atoms with van der Waals surface area (Å²) in [6.07, 6.45) is -0.448. The molecule has 0 bridgehead atoms. The Balaban J connectivity index is 2.20. The second-order valence-corrected chi connectivity index (χ2v) is 4.74. The van der Waals surface area contributed by atoms with Gasteiger partial charge >= 0.3 is 0 Å². The molecule has 0 radical (unpaired) electrons. The van der Waals surface area contributed by atoms with Crippen LogP contribution in [0.15, 0.2) is 48.5 Å². The van der Waals surface area contributed by atoms with Crippen LogP contribution in [-0.4, -0.2) is 12.9 Å². The van der Waals surface area contributed by atoms with Crippen molar-refractivity contribution in [3.8, 4) is 0 Å². The SMILES string of the molecule is COC(C(=O)Cc1cc(F)ccc1C)c1ccccc1. The van der Waals surface area contributed by atoms with Crippen LogP contribution in [0.4, 0.5) is 4.39 Å². The van der Waals surface area contributed by atoms with Gasteiger partial charge in [-0.2, -0.15) is 0 Å². The van der Waals surface area contributed by atoms with Gasteiger partial charge in [-0.05, 0) is 35.7 Å². The summed E-state index contributed by atoms with van der Waals surface area (Å²) in [7, 11) is 1.51. The van der Waals surface area contributed by atoms with Crippen molar-refractivity contribution >= 4 is 5.78 Å². The first kappa shape index (κ1) is 14.4. The first-order chi connectivity index (χ1) is 9.61. The number of ketones is 1. The summed E-state index contributed by atoms with van der Waals surface area (Å²) in [5.74, 6) is -0.403. The van der Waals surface area contributed by atoms with Crippen LogP contribution in [-0.2, 0) is 16.0 Å². The molecule has 104 valence electrons. The smallest absolute Gasteiger partial charge is 0.170 e. The second-order valence-electron chi connectivity index (χ2n) is 4.74. The van der Waals surface area contributed by atoms with E-state index in [4.69, 9.17) is 4.74 Å². The highest BCUT2D eigenvalue weighted by molar-refractivity contribution is 5.86. The van der Waals surface area contributed by atoms with Gasteiger partial charge < -0.3 is 4.74 Å². The van der Waals surface area contributed by atoms with Gasteiger partial charge in [0.2, 0.25) is 0 Å². The molecule has 3 heteroatoms. The van der Waals surface area contributed by atoms with Crippen molar-refractivity contribution < 1.29 is 13.9 Å². The average Bonchev–Trinajstić information content (AvgIpc) is 2.45. The van der Waals surface area contributed by atoms with Crippen LogP contribution in [0, 0.1) is 12.7 Å². The van der Waals surface area contributed by atoms with Crippen molar-refractivity contribution in [1.82, 2.24) is 0 Å². The van der Waals surface area contributed by atoms with E-state index >= 15 is 0 Å². The van der Waals surface area contributed by atoms with Crippen molar-refractivity contribution in [3.63, 3.8) is 0 Å². The Morgan fingerprint density at radius 2 is 1.90 bits per heavy atom. The Labute approximate surface area is 118 Å². The Morgan fingerprint density at radius 1 is 1.20 bits per heavy atom. The van der Waals surface area contributed by atoms with E-state index in [2.05, 4.69) is 0 Å². The van der Waals surface area contributed by atoms with Crippen LogP contribution in [0.2, 0.25) is 0 Å². The summed E-state index contributed by atoms with van der Waals surface area (Å²) in [5.41, 5.74) is 2.42. The minimum atomic E-state index is -0.612. The van der Waals surface area contributed by atoms with Gasteiger partial charge in [0, 0.05) is 13.5 Å². The zero-order valence-corrected chi connectivity index (χ0v) is 11.6. The maximum absolute atomic E-state index is 13.3. The van der Waals surface area contributed by atoms with Crippen LogP contribution in [0.1, 0.15) is 22.8 Å². The summed E-state index contributed by atoms with van der Waals surface area (Å²) in [6.45, 7) is 1.87. The summed E-state index contributed by atoms with van der Waals surface area (Å²) < 4.78 is 18.6. The fourth-order valence-corrected chi connectivity index (χ4v) is 2.19. The fraction of sp³-hybridized carbons (Fsp3) is 0.235. The number of rotatable bonds is 5. The minimum Gasteiger partial charge on any atom is -0.369 e. The molecule has 0 fully saturated rings. The molecule has 0 aliphatic heterocycles. The van der Waals surface area contributed by atoms with Gasteiger partial charge in [-0.25, -0.2) is 4.39 Å². The van der Waals surface area contributed by atoms with Crippen molar-refractivity contribution in [2.45, 2.75) is 19.4 Å². The van der Waals surface area contributed by atoms with E-state index in [-0.39, 0.29) is 18.0 Å². The molecule has 2 rings (SSSR count). The molecule has 2 aromatic carbocycles. The lowest BCUT2D eigenvalue weighted by Gasteiger charge is -2.15. The first-order valence-corrected chi connectivity index (χ1v) is 6.47. The van der Waals surface area contributed by atoms with Gasteiger partial charge in [-0.15, -0.1) is 0 Å². The lowest BCUT2D eigenvalue weighted by molar-refractivity contribution is -0.128. The fourth-order valence-electron chi connectivity index (χ4n) is 2.19. The lowest BCUT2D eigenvalue weighted by Crippen LogP contribution is -2.17. The van der Waals surface area contributed by atoms with Crippen LogP contribution >= 0.6 is 0 Å². The number of carbonyl (C=O) groups is 1. The quantitative estimate of drug-likeness (QED) is 0.830. The molecule has 0 aromatic heterocycles. The Kier molecular flexibility index (Phi) is 4.64. The van der Waals surface area contributed by atoms with Crippen molar-refractivity contribution in [3.05, 3.63) is 71.0 Å². The average molecular weight is 272 g/mol. The van der Waals surface area contributed by atoms with Gasteiger partial charge in [0.15, 0.2) is 5.78 Å². The standard InChI is InChI=1S/C17H17FO2/c1-12-8-9-15(18)10-14(12)11-16(19)17(20-2)13-6-4-3-5-7-13/h3-10,17H,11H2,1-2H3. The summed E-state index contributed by atoms with van der Waals surface area (Å²) in [4.78, 5) is 12.4. The molecule has 1 unspecified atom stereocenters. The molecule has 1 atom stereocenters. The lowest BCUT2D eigenvalue weighted by atomic mass is 9.97. The van der Waals surface area contributed by atoms with Crippen molar-refractivity contribution in [2.24, 2.45) is 0 Å². The van der Waals surface area contributed by atoms with Crippen LogP contribution < -0.4 is 0 Å². The maximum Gasteiger partial charge on any atom is 0.170 e. The number of halogens is 1. The molecule has 0 aliphatic carbocycles. The van der Waals surface area contributed by atoms with Crippen molar-refractivity contribution in [2.75, 3.05) is 7.11 Å². The van der Waals surface area contributed by atoms with Gasteiger partial charge in [-0.3, -0.25) is 4.79 Å². The number of methoxy groups -OCH3 is 1. The maximum atomic E-state index is 13.3. The van der Waals surface area contributed by atoms with E-state index in [1.807, 2.05) is 37.3 Å². The molecule has 20 heavy (non-hydrogen) atoms. The molecule has 2 aromatic rings. The molecule has 0 saturated carbocycles. The number of hydrogen-bond acceptors (Lipinski definition) is 2. The largest absolute Gasteiger partial charge is 0.369 e. The van der Waals surface area contributed by atoms with E-state index in [0.717, 1.165) is 11.1 Å². The second kappa shape index (κ2) is 6.44. The Morgan fingerprint density at radius 3 is 2.55 bits per heavy atom. The molecule has 0 heterocycles. The number of aryl methyl sites for hydroxylation is 1. The normalized spacial score (nSPS) is 12.2. The number of carbonyl (C=O) groups excluding carboxylic acids is 1. The van der Waals surface area contributed by atoms with E-state index in [0.29, 0.717) is 5.56 Å². The van der Waals surface area contributed by atoms with Gasteiger partial charge in [0.25, 0.3) is 0 Å². The minimum absolute atomic E-state index is 0.0765. The molecule has 0 amide bonds. The van der Waals surface area contributed by atoms with Gasteiger partial charge in [-0.1, -0.05) is 36.4 Å². The number of benzene rings is 2. The Bertz CT molecular complexity index is 593. The highest BCUT2D eigenvalue weighted by Crippen LogP contribution is 2.21. The predicted molar refractivity (Wildman–Crippen MR) is 76.0 cm³/mol. The third-order valence-corrected chi connectivity index (χ3v) is 3.31. The summed E-state index contributed by atoms with van der Waals surface area (Å²) >= 11 is 0. The van der Waals surface area contributed by atoms with E-state index < -0.39 is 6.10 Å². The van der Waals surface area contributed by atoms with Gasteiger partial charge in [0.05, 0.1) is 0 Å². The molecule has 0 N–H and O–H groups in total. The highest BCUT2D eigenvalue weighted by atomic mass is 19.1. The third-order valence-electron chi connectivity index (χ3n) is 3.31. The predicted octanol–water partition coefficient (Wildman–Crippen LogP) is 3.63. The molecule has 0 aliphatic rings. The van der Waals surface area contributed by atoms with E-state index in [9.17, 15) is 9.18 Å².